The summed E-state index contributed by atoms with van der Waals surface area (Å²) in [6.07, 6.45) is 3.22. The SMILES string of the molecule is O=C(/C=C/c1ccccc1)c1ccc(NS(=O)(=O)c2ccc(Cl)cc2)cc1. The van der Waals surface area contributed by atoms with Crippen molar-refractivity contribution >= 4 is 39.2 Å². The summed E-state index contributed by atoms with van der Waals surface area (Å²) in [4.78, 5) is 12.3. The molecule has 1 N–H and O–H groups in total. The normalized spacial score (nSPS) is 11.4. The maximum atomic E-state index is 12.4. The lowest BCUT2D eigenvalue weighted by Gasteiger charge is -2.08. The van der Waals surface area contributed by atoms with Crippen LogP contribution in [-0.2, 0) is 10.0 Å². The smallest absolute Gasteiger partial charge is 0.261 e. The minimum absolute atomic E-state index is 0.109. The number of allylic oxidation sites excluding steroid dienone is 1. The Balaban J connectivity index is 1.70. The van der Waals surface area contributed by atoms with Crippen molar-refractivity contribution in [3.05, 3.63) is 101 Å². The Kier molecular flexibility index (Phi) is 5.74. The first-order chi connectivity index (χ1) is 12.9. The molecule has 0 bridgehead atoms. The Morgan fingerprint density at radius 3 is 2.11 bits per heavy atom. The van der Waals surface area contributed by atoms with Gasteiger partial charge in [-0.2, -0.15) is 0 Å². The van der Waals surface area contributed by atoms with Gasteiger partial charge in [0.15, 0.2) is 5.78 Å². The van der Waals surface area contributed by atoms with E-state index >= 15 is 0 Å². The van der Waals surface area contributed by atoms with Gasteiger partial charge in [-0.1, -0.05) is 48.0 Å². The van der Waals surface area contributed by atoms with Gasteiger partial charge in [-0.3, -0.25) is 9.52 Å². The van der Waals surface area contributed by atoms with Crippen molar-refractivity contribution in [3.8, 4) is 0 Å². The molecular formula is C21H16ClNO3S. The topological polar surface area (TPSA) is 63.2 Å². The molecule has 0 heterocycles. The number of sulfonamides is 1. The van der Waals surface area contributed by atoms with Crippen LogP contribution in [0.25, 0.3) is 6.08 Å². The van der Waals surface area contributed by atoms with Gasteiger partial charge in [0.25, 0.3) is 10.0 Å². The molecule has 3 aromatic rings. The van der Waals surface area contributed by atoms with Crippen LogP contribution in [0.15, 0.2) is 89.8 Å². The van der Waals surface area contributed by atoms with Crippen LogP contribution in [0.3, 0.4) is 0 Å². The van der Waals surface area contributed by atoms with Crippen molar-refractivity contribution in [1.29, 1.82) is 0 Å². The summed E-state index contributed by atoms with van der Waals surface area (Å²) >= 11 is 5.78. The minimum atomic E-state index is -3.72. The Morgan fingerprint density at radius 2 is 1.48 bits per heavy atom. The third-order valence-corrected chi connectivity index (χ3v) is 5.42. The Labute approximate surface area is 163 Å². The van der Waals surface area contributed by atoms with E-state index in [0.29, 0.717) is 16.3 Å². The summed E-state index contributed by atoms with van der Waals surface area (Å²) in [5, 5.41) is 0.459. The van der Waals surface area contributed by atoms with Gasteiger partial charge >= 0.3 is 0 Å². The highest BCUT2D eigenvalue weighted by molar-refractivity contribution is 7.92. The molecule has 0 amide bonds. The van der Waals surface area contributed by atoms with E-state index in [1.165, 1.54) is 30.3 Å². The molecule has 0 atom stereocenters. The standard InChI is InChI=1S/C21H16ClNO3S/c22-18-9-13-20(14-10-18)27(25,26)23-19-11-7-17(8-12-19)21(24)15-6-16-4-2-1-3-5-16/h1-15,23H/b15-6+. The Morgan fingerprint density at radius 1 is 0.852 bits per heavy atom. The first-order valence-corrected chi connectivity index (χ1v) is 9.96. The van der Waals surface area contributed by atoms with Crippen molar-refractivity contribution in [2.45, 2.75) is 4.90 Å². The molecule has 0 unspecified atom stereocenters. The second-order valence-corrected chi connectivity index (χ2v) is 7.86. The van der Waals surface area contributed by atoms with Crippen molar-refractivity contribution in [1.82, 2.24) is 0 Å². The number of anilines is 1. The van der Waals surface area contributed by atoms with Crippen LogP contribution in [0.2, 0.25) is 5.02 Å². The summed E-state index contributed by atoms with van der Waals surface area (Å²) in [5.74, 6) is -0.161. The van der Waals surface area contributed by atoms with Gasteiger partial charge < -0.3 is 0 Å². The van der Waals surface area contributed by atoms with E-state index in [1.54, 1.807) is 30.3 Å². The number of benzene rings is 3. The summed E-state index contributed by atoms with van der Waals surface area (Å²) in [5.41, 5.74) is 1.77. The molecule has 0 aromatic heterocycles. The number of carbonyl (C=O) groups excluding carboxylic acids is 1. The van der Waals surface area contributed by atoms with Gasteiger partial charge in [-0.25, -0.2) is 8.42 Å². The zero-order valence-corrected chi connectivity index (χ0v) is 15.7. The van der Waals surface area contributed by atoms with E-state index in [-0.39, 0.29) is 10.7 Å². The summed E-state index contributed by atoms with van der Waals surface area (Å²) in [6.45, 7) is 0. The molecule has 4 nitrogen and oxygen atoms in total. The van der Waals surface area contributed by atoms with Gasteiger partial charge in [-0.05, 0) is 60.2 Å². The molecule has 3 rings (SSSR count). The summed E-state index contributed by atoms with van der Waals surface area (Å²) in [7, 11) is -3.72. The van der Waals surface area contributed by atoms with Crippen LogP contribution in [0, 0.1) is 0 Å². The zero-order valence-electron chi connectivity index (χ0n) is 14.2. The van der Waals surface area contributed by atoms with Gasteiger partial charge in [0, 0.05) is 16.3 Å². The number of halogens is 1. The van der Waals surface area contributed by atoms with Gasteiger partial charge in [0.2, 0.25) is 0 Å². The van der Waals surface area contributed by atoms with Crippen LogP contribution in [-0.4, -0.2) is 14.2 Å². The first kappa shape index (κ1) is 18.9. The Bertz CT molecular complexity index is 1060. The zero-order chi connectivity index (χ0) is 19.3. The number of hydrogen-bond acceptors (Lipinski definition) is 3. The monoisotopic (exact) mass is 397 g/mol. The predicted octanol–water partition coefficient (Wildman–Crippen LogP) is 5.04. The first-order valence-electron chi connectivity index (χ1n) is 8.10. The molecule has 0 aliphatic carbocycles. The number of nitrogens with one attached hydrogen (secondary N) is 1. The third kappa shape index (κ3) is 5.06. The molecular weight excluding hydrogens is 382 g/mol. The third-order valence-electron chi connectivity index (χ3n) is 3.77. The summed E-state index contributed by atoms with van der Waals surface area (Å²) < 4.78 is 27.2. The molecule has 3 aromatic carbocycles. The fraction of sp³-hybridized carbons (Fsp3) is 0. The lowest BCUT2D eigenvalue weighted by molar-refractivity contribution is 0.104. The van der Waals surface area contributed by atoms with Crippen LogP contribution < -0.4 is 4.72 Å². The van der Waals surface area contributed by atoms with Gasteiger partial charge in [-0.15, -0.1) is 0 Å². The minimum Gasteiger partial charge on any atom is -0.289 e. The number of carbonyl (C=O) groups is 1. The molecule has 27 heavy (non-hydrogen) atoms. The molecule has 0 radical (unpaired) electrons. The fourth-order valence-electron chi connectivity index (χ4n) is 2.36. The predicted molar refractivity (Wildman–Crippen MR) is 109 cm³/mol. The van der Waals surface area contributed by atoms with E-state index in [4.69, 9.17) is 11.6 Å². The molecule has 0 spiro atoms. The van der Waals surface area contributed by atoms with Crippen LogP contribution in [0.1, 0.15) is 15.9 Å². The van der Waals surface area contributed by atoms with E-state index in [1.807, 2.05) is 30.3 Å². The Hall–Kier alpha value is -2.89. The maximum Gasteiger partial charge on any atom is 0.261 e. The largest absolute Gasteiger partial charge is 0.289 e. The van der Waals surface area contributed by atoms with E-state index in [9.17, 15) is 13.2 Å². The molecule has 0 aliphatic rings. The molecule has 136 valence electrons. The van der Waals surface area contributed by atoms with Crippen molar-refractivity contribution in [2.24, 2.45) is 0 Å². The lowest BCUT2D eigenvalue weighted by atomic mass is 10.1. The summed E-state index contributed by atoms with van der Waals surface area (Å²) in [6, 6.07) is 21.6. The van der Waals surface area contributed by atoms with Crippen LogP contribution in [0.4, 0.5) is 5.69 Å². The fourth-order valence-corrected chi connectivity index (χ4v) is 3.55. The van der Waals surface area contributed by atoms with E-state index in [0.717, 1.165) is 5.56 Å². The highest BCUT2D eigenvalue weighted by atomic mass is 35.5. The van der Waals surface area contributed by atoms with Crippen molar-refractivity contribution < 1.29 is 13.2 Å². The van der Waals surface area contributed by atoms with Crippen molar-refractivity contribution in [3.63, 3.8) is 0 Å². The van der Waals surface area contributed by atoms with Gasteiger partial charge in [0.1, 0.15) is 0 Å². The molecule has 0 saturated carbocycles. The second-order valence-electron chi connectivity index (χ2n) is 5.75. The molecule has 0 saturated heterocycles. The van der Waals surface area contributed by atoms with E-state index in [2.05, 4.69) is 4.72 Å². The average molecular weight is 398 g/mol. The highest BCUT2D eigenvalue weighted by Gasteiger charge is 2.14. The number of hydrogen-bond donors (Lipinski definition) is 1. The van der Waals surface area contributed by atoms with Gasteiger partial charge in [0.05, 0.1) is 4.90 Å². The molecule has 6 heteroatoms. The van der Waals surface area contributed by atoms with Crippen LogP contribution in [0.5, 0.6) is 0 Å². The molecule has 0 aliphatic heterocycles. The second kappa shape index (κ2) is 8.20. The van der Waals surface area contributed by atoms with Crippen molar-refractivity contribution in [2.75, 3.05) is 4.72 Å². The lowest BCUT2D eigenvalue weighted by Crippen LogP contribution is -2.12. The molecule has 0 fully saturated rings. The van der Waals surface area contributed by atoms with E-state index < -0.39 is 10.0 Å². The number of ketones is 1. The quantitative estimate of drug-likeness (QED) is 0.468. The van der Waals surface area contributed by atoms with Crippen LogP contribution >= 0.6 is 11.6 Å². The number of rotatable bonds is 6. The average Bonchev–Trinajstić information content (AvgIpc) is 2.67. The maximum absolute atomic E-state index is 12.4. The highest BCUT2D eigenvalue weighted by Crippen LogP contribution is 2.19.